The quantitative estimate of drug-likeness (QED) is 0.805. The van der Waals surface area contributed by atoms with Crippen LogP contribution in [0.1, 0.15) is 0 Å². The highest BCUT2D eigenvalue weighted by Gasteiger charge is 2.17. The Hall–Kier alpha value is -1.69. The number of hydrogen-bond acceptors (Lipinski definition) is 3. The minimum atomic E-state index is -1.13. The maximum atomic E-state index is 12.8. The molecular weight excluding hydrogens is 220 g/mol. The van der Waals surface area contributed by atoms with Gasteiger partial charge in [-0.3, -0.25) is 0 Å². The fourth-order valence-electron chi connectivity index (χ4n) is 1.13. The summed E-state index contributed by atoms with van der Waals surface area (Å²) in [4.78, 5) is 10.7. The number of aliphatic carboxylic acids is 1. The Kier molecular flexibility index (Phi) is 4.19. The zero-order valence-electron chi connectivity index (χ0n) is 8.54. The van der Waals surface area contributed by atoms with Gasteiger partial charge >= 0.3 is 5.97 Å². The molecule has 0 saturated heterocycles. The van der Waals surface area contributed by atoms with Gasteiger partial charge < -0.3 is 15.2 Å². The van der Waals surface area contributed by atoms with Crippen LogP contribution >= 0.6 is 0 Å². The molecule has 0 radical (unpaired) electrons. The van der Waals surface area contributed by atoms with E-state index in [1.54, 1.807) is 0 Å². The van der Waals surface area contributed by atoms with Crippen molar-refractivity contribution in [1.29, 1.82) is 0 Å². The van der Waals surface area contributed by atoms with Crippen molar-refractivity contribution >= 4 is 11.7 Å². The molecule has 0 amide bonds. The number of carbonyl (C=O) groups is 1. The third-order valence-electron chi connectivity index (χ3n) is 1.89. The molecule has 0 aliphatic carbocycles. The van der Waals surface area contributed by atoms with Crippen LogP contribution in [0.3, 0.4) is 0 Å². The van der Waals surface area contributed by atoms with Crippen LogP contribution in [0.15, 0.2) is 18.2 Å². The van der Waals surface area contributed by atoms with Crippen LogP contribution in [0.2, 0.25) is 0 Å². The second kappa shape index (κ2) is 5.41. The molecule has 4 nitrogen and oxygen atoms in total. The molecule has 1 aromatic carbocycles. The van der Waals surface area contributed by atoms with Gasteiger partial charge in [0.15, 0.2) is 11.6 Å². The molecule has 1 atom stereocenters. The SMILES string of the molecule is COCC(Nc1ccc(F)c(F)c1)C(=O)O. The topological polar surface area (TPSA) is 58.6 Å². The number of halogens is 2. The Bertz CT molecular complexity index is 384. The monoisotopic (exact) mass is 231 g/mol. The molecule has 1 unspecified atom stereocenters. The summed E-state index contributed by atoms with van der Waals surface area (Å²) in [7, 11) is 1.35. The second-order valence-electron chi connectivity index (χ2n) is 3.12. The predicted molar refractivity (Wildman–Crippen MR) is 53.3 cm³/mol. The first-order valence-corrected chi connectivity index (χ1v) is 4.48. The van der Waals surface area contributed by atoms with Crippen molar-refractivity contribution in [2.24, 2.45) is 0 Å². The molecule has 0 spiro atoms. The molecular formula is C10H11F2NO3. The molecule has 1 aromatic rings. The Morgan fingerprint density at radius 3 is 2.69 bits per heavy atom. The molecule has 1 rings (SSSR count). The number of carboxylic acids is 1. The Morgan fingerprint density at radius 2 is 2.19 bits per heavy atom. The van der Waals surface area contributed by atoms with E-state index in [4.69, 9.17) is 5.11 Å². The molecule has 2 N–H and O–H groups in total. The van der Waals surface area contributed by atoms with Crippen LogP contribution in [-0.4, -0.2) is 30.8 Å². The number of carboxylic acid groups (broad SMARTS) is 1. The molecule has 6 heteroatoms. The largest absolute Gasteiger partial charge is 0.480 e. The lowest BCUT2D eigenvalue weighted by Crippen LogP contribution is -2.33. The van der Waals surface area contributed by atoms with E-state index in [0.29, 0.717) is 0 Å². The van der Waals surface area contributed by atoms with Gasteiger partial charge in [0, 0.05) is 18.9 Å². The molecule has 0 aliphatic rings. The summed E-state index contributed by atoms with van der Waals surface area (Å²) < 4.78 is 30.1. The number of hydrogen-bond donors (Lipinski definition) is 2. The molecule has 0 saturated carbocycles. The smallest absolute Gasteiger partial charge is 0.328 e. The average molecular weight is 231 g/mol. The minimum Gasteiger partial charge on any atom is -0.480 e. The third kappa shape index (κ3) is 3.16. The average Bonchev–Trinajstić information content (AvgIpc) is 2.22. The molecule has 0 aromatic heterocycles. The number of nitrogens with one attached hydrogen (secondary N) is 1. The maximum absolute atomic E-state index is 12.8. The summed E-state index contributed by atoms with van der Waals surface area (Å²) in [5, 5.41) is 11.3. The Labute approximate surface area is 90.8 Å². The van der Waals surface area contributed by atoms with Crippen LogP contribution in [0, 0.1) is 11.6 Å². The Morgan fingerprint density at radius 1 is 1.50 bits per heavy atom. The number of anilines is 1. The zero-order chi connectivity index (χ0) is 12.1. The maximum Gasteiger partial charge on any atom is 0.328 e. The molecule has 88 valence electrons. The van der Waals surface area contributed by atoms with Crippen LogP contribution in [0.5, 0.6) is 0 Å². The summed E-state index contributed by atoms with van der Waals surface area (Å²) in [5.41, 5.74) is 0.184. The third-order valence-corrected chi connectivity index (χ3v) is 1.89. The van der Waals surface area contributed by atoms with E-state index in [0.717, 1.165) is 12.1 Å². The highest BCUT2D eigenvalue weighted by Crippen LogP contribution is 2.14. The van der Waals surface area contributed by atoms with Gasteiger partial charge in [0.05, 0.1) is 6.61 Å². The van der Waals surface area contributed by atoms with Gasteiger partial charge in [0.1, 0.15) is 6.04 Å². The van der Waals surface area contributed by atoms with Crippen molar-refractivity contribution in [2.75, 3.05) is 19.0 Å². The number of benzene rings is 1. The first-order chi connectivity index (χ1) is 7.54. The van der Waals surface area contributed by atoms with Crippen molar-refractivity contribution < 1.29 is 23.4 Å². The fourth-order valence-corrected chi connectivity index (χ4v) is 1.13. The van der Waals surface area contributed by atoms with Crippen molar-refractivity contribution in [3.8, 4) is 0 Å². The van der Waals surface area contributed by atoms with E-state index in [1.165, 1.54) is 13.2 Å². The van der Waals surface area contributed by atoms with Gasteiger partial charge in [-0.05, 0) is 12.1 Å². The zero-order valence-corrected chi connectivity index (χ0v) is 8.54. The van der Waals surface area contributed by atoms with E-state index in [1.807, 2.05) is 0 Å². The fraction of sp³-hybridized carbons (Fsp3) is 0.300. The number of ether oxygens (including phenoxy) is 1. The van der Waals surface area contributed by atoms with Gasteiger partial charge in [-0.25, -0.2) is 13.6 Å². The lowest BCUT2D eigenvalue weighted by atomic mass is 10.2. The molecule has 0 bridgehead atoms. The normalized spacial score (nSPS) is 12.2. The van der Waals surface area contributed by atoms with Crippen molar-refractivity contribution in [3.63, 3.8) is 0 Å². The summed E-state index contributed by atoms with van der Waals surface area (Å²) in [6.07, 6.45) is 0. The first kappa shape index (κ1) is 12.4. The van der Waals surface area contributed by atoms with E-state index in [9.17, 15) is 13.6 Å². The standard InChI is InChI=1S/C10H11F2NO3/c1-16-5-9(10(14)15)13-6-2-3-7(11)8(12)4-6/h2-4,9,13H,5H2,1H3,(H,14,15). The van der Waals surface area contributed by atoms with Crippen LogP contribution in [0.4, 0.5) is 14.5 Å². The minimum absolute atomic E-state index is 0.0751. The highest BCUT2D eigenvalue weighted by molar-refractivity contribution is 5.77. The summed E-state index contributed by atoms with van der Waals surface area (Å²) in [5.74, 6) is -3.15. The molecule has 0 fully saturated rings. The van der Waals surface area contributed by atoms with Crippen LogP contribution in [0.25, 0.3) is 0 Å². The number of rotatable bonds is 5. The lowest BCUT2D eigenvalue weighted by molar-refractivity contribution is -0.139. The first-order valence-electron chi connectivity index (χ1n) is 4.48. The molecule has 16 heavy (non-hydrogen) atoms. The van der Waals surface area contributed by atoms with E-state index >= 15 is 0 Å². The summed E-state index contributed by atoms with van der Waals surface area (Å²) >= 11 is 0. The van der Waals surface area contributed by atoms with Crippen molar-refractivity contribution in [2.45, 2.75) is 6.04 Å². The lowest BCUT2D eigenvalue weighted by Gasteiger charge is -2.14. The van der Waals surface area contributed by atoms with E-state index < -0.39 is 23.6 Å². The molecule has 0 aliphatic heterocycles. The van der Waals surface area contributed by atoms with Gasteiger partial charge in [-0.15, -0.1) is 0 Å². The van der Waals surface area contributed by atoms with E-state index in [2.05, 4.69) is 10.1 Å². The Balaban J connectivity index is 2.77. The van der Waals surface area contributed by atoms with Crippen LogP contribution < -0.4 is 5.32 Å². The van der Waals surface area contributed by atoms with Crippen molar-refractivity contribution in [1.82, 2.24) is 0 Å². The molecule has 0 heterocycles. The van der Waals surface area contributed by atoms with E-state index in [-0.39, 0.29) is 12.3 Å². The predicted octanol–water partition coefficient (Wildman–Crippen LogP) is 1.48. The van der Waals surface area contributed by atoms with Crippen LogP contribution in [-0.2, 0) is 9.53 Å². The van der Waals surface area contributed by atoms with Gasteiger partial charge in [-0.2, -0.15) is 0 Å². The highest BCUT2D eigenvalue weighted by atomic mass is 19.2. The van der Waals surface area contributed by atoms with Gasteiger partial charge in [-0.1, -0.05) is 0 Å². The van der Waals surface area contributed by atoms with Gasteiger partial charge in [0.25, 0.3) is 0 Å². The summed E-state index contributed by atoms with van der Waals surface area (Å²) in [6, 6.07) is 2.06. The van der Waals surface area contributed by atoms with Gasteiger partial charge in [0.2, 0.25) is 0 Å². The summed E-state index contributed by atoms with van der Waals surface area (Å²) in [6.45, 7) is -0.0751. The second-order valence-corrected chi connectivity index (χ2v) is 3.12. The number of methoxy groups -OCH3 is 1. The van der Waals surface area contributed by atoms with Crippen molar-refractivity contribution in [3.05, 3.63) is 29.8 Å².